The molecule has 102 valence electrons. The summed E-state index contributed by atoms with van der Waals surface area (Å²) in [6.45, 7) is 2.53. The number of methoxy groups -OCH3 is 1. The molecule has 1 heterocycles. The summed E-state index contributed by atoms with van der Waals surface area (Å²) in [6, 6.07) is 8.91. The number of ether oxygens (including phenoxy) is 1. The van der Waals surface area contributed by atoms with Gasteiger partial charge in [-0.3, -0.25) is 0 Å². The Balaban J connectivity index is 1.88. The van der Waals surface area contributed by atoms with Crippen molar-refractivity contribution in [1.82, 2.24) is 5.32 Å². The molecule has 0 amide bonds. The molecule has 0 spiro atoms. The molecule has 19 heavy (non-hydrogen) atoms. The summed E-state index contributed by atoms with van der Waals surface area (Å²) in [4.78, 5) is 0. The lowest BCUT2D eigenvalue weighted by molar-refractivity contribution is 0.410. The van der Waals surface area contributed by atoms with Gasteiger partial charge in [-0.05, 0) is 25.1 Å². The molecule has 0 bridgehead atoms. The Bertz CT molecular complexity index is 511. The van der Waals surface area contributed by atoms with Crippen molar-refractivity contribution in [3.8, 4) is 5.75 Å². The van der Waals surface area contributed by atoms with Crippen LogP contribution in [0.3, 0.4) is 0 Å². The Morgan fingerprint density at radius 1 is 1.37 bits per heavy atom. The Labute approximate surface area is 112 Å². The predicted molar refractivity (Wildman–Crippen MR) is 71.7 cm³/mol. The molecule has 0 aliphatic heterocycles. The minimum Gasteiger partial charge on any atom is -0.497 e. The summed E-state index contributed by atoms with van der Waals surface area (Å²) in [5, 5.41) is 3.27. The van der Waals surface area contributed by atoms with E-state index in [2.05, 4.69) is 5.32 Å². The van der Waals surface area contributed by atoms with Gasteiger partial charge in [-0.15, -0.1) is 0 Å². The summed E-state index contributed by atoms with van der Waals surface area (Å²) in [5.74, 6) is 1.21. The highest BCUT2D eigenvalue weighted by atomic mass is 19.1. The third-order valence-electron chi connectivity index (χ3n) is 2.99. The number of hydrogen-bond acceptors (Lipinski definition) is 3. The molecule has 2 aromatic rings. The summed E-state index contributed by atoms with van der Waals surface area (Å²) in [6.07, 6.45) is 2.44. The van der Waals surface area contributed by atoms with Crippen molar-refractivity contribution in [2.75, 3.05) is 7.11 Å². The monoisotopic (exact) mass is 263 g/mol. The van der Waals surface area contributed by atoms with Gasteiger partial charge in [0.1, 0.15) is 17.3 Å². The fourth-order valence-corrected chi connectivity index (χ4v) is 1.89. The van der Waals surface area contributed by atoms with Gasteiger partial charge in [-0.1, -0.05) is 6.07 Å². The van der Waals surface area contributed by atoms with Gasteiger partial charge in [0.2, 0.25) is 0 Å². The van der Waals surface area contributed by atoms with Crippen LogP contribution in [0.1, 0.15) is 18.2 Å². The number of hydrogen-bond donors (Lipinski definition) is 1. The molecule has 1 aromatic carbocycles. The third-order valence-corrected chi connectivity index (χ3v) is 2.99. The van der Waals surface area contributed by atoms with Crippen molar-refractivity contribution in [3.05, 3.63) is 53.7 Å². The minimum atomic E-state index is -0.253. The summed E-state index contributed by atoms with van der Waals surface area (Å²) in [7, 11) is 1.53. The quantitative estimate of drug-likeness (QED) is 0.869. The number of halogens is 1. The van der Waals surface area contributed by atoms with Crippen molar-refractivity contribution in [2.24, 2.45) is 0 Å². The maximum Gasteiger partial charge on any atom is 0.131 e. The zero-order valence-electron chi connectivity index (χ0n) is 11.2. The molecule has 1 atom stereocenters. The van der Waals surface area contributed by atoms with Gasteiger partial charge in [0.05, 0.1) is 13.4 Å². The van der Waals surface area contributed by atoms with E-state index in [1.54, 1.807) is 18.4 Å². The first kappa shape index (κ1) is 13.6. The fourth-order valence-electron chi connectivity index (χ4n) is 1.89. The molecule has 4 heteroatoms. The van der Waals surface area contributed by atoms with Gasteiger partial charge < -0.3 is 14.5 Å². The van der Waals surface area contributed by atoms with Crippen LogP contribution in [0.5, 0.6) is 5.75 Å². The Hall–Kier alpha value is -1.81. The van der Waals surface area contributed by atoms with Crippen molar-refractivity contribution in [2.45, 2.75) is 25.9 Å². The molecule has 0 aliphatic carbocycles. The van der Waals surface area contributed by atoms with Crippen LogP contribution in [-0.2, 0) is 13.0 Å². The van der Waals surface area contributed by atoms with Crippen molar-refractivity contribution in [3.63, 3.8) is 0 Å². The van der Waals surface area contributed by atoms with Gasteiger partial charge in [0.25, 0.3) is 0 Å². The number of rotatable bonds is 6. The molecule has 3 nitrogen and oxygen atoms in total. The number of furan rings is 1. The first-order valence-electron chi connectivity index (χ1n) is 6.27. The highest BCUT2D eigenvalue weighted by Crippen LogP contribution is 2.16. The normalized spacial score (nSPS) is 12.4. The Kier molecular flexibility index (Phi) is 4.58. The maximum absolute atomic E-state index is 13.7. The van der Waals surface area contributed by atoms with Crippen LogP contribution in [0.4, 0.5) is 4.39 Å². The zero-order chi connectivity index (χ0) is 13.7. The Morgan fingerprint density at radius 2 is 2.21 bits per heavy atom. The number of benzene rings is 1. The predicted octanol–water partition coefficient (Wildman–Crippen LogP) is 3.15. The van der Waals surface area contributed by atoms with E-state index in [-0.39, 0.29) is 11.9 Å². The summed E-state index contributed by atoms with van der Waals surface area (Å²) in [5.41, 5.74) is 0.632. The molecule has 0 radical (unpaired) electrons. The fraction of sp³-hybridized carbons (Fsp3) is 0.333. The van der Waals surface area contributed by atoms with E-state index in [9.17, 15) is 4.39 Å². The van der Waals surface area contributed by atoms with E-state index in [0.717, 1.165) is 12.2 Å². The first-order valence-corrected chi connectivity index (χ1v) is 6.27. The molecule has 1 aromatic heterocycles. The highest BCUT2D eigenvalue weighted by Gasteiger charge is 2.08. The minimum absolute atomic E-state index is 0.215. The second-order valence-electron chi connectivity index (χ2n) is 4.52. The zero-order valence-corrected chi connectivity index (χ0v) is 11.2. The van der Waals surface area contributed by atoms with Gasteiger partial charge in [0, 0.05) is 30.6 Å². The topological polar surface area (TPSA) is 34.4 Å². The van der Waals surface area contributed by atoms with Gasteiger partial charge in [-0.2, -0.15) is 0 Å². The van der Waals surface area contributed by atoms with Crippen molar-refractivity contribution < 1.29 is 13.5 Å². The molecule has 2 rings (SSSR count). The Morgan fingerprint density at radius 3 is 2.84 bits per heavy atom. The van der Waals surface area contributed by atoms with Crippen LogP contribution in [-0.4, -0.2) is 13.2 Å². The van der Waals surface area contributed by atoms with Crippen LogP contribution in [0.25, 0.3) is 0 Å². The van der Waals surface area contributed by atoms with Gasteiger partial charge in [0.15, 0.2) is 0 Å². The van der Waals surface area contributed by atoms with E-state index in [1.165, 1.54) is 13.2 Å². The van der Waals surface area contributed by atoms with Crippen molar-refractivity contribution in [1.29, 1.82) is 0 Å². The lowest BCUT2D eigenvalue weighted by atomic mass is 10.1. The standard InChI is InChI=1S/C15H18FNO2/c1-11(8-14-4-3-7-19-14)17-10-12-5-6-13(18-2)9-15(12)16/h3-7,9,11,17H,8,10H2,1-2H3. The molecule has 0 aliphatic rings. The second kappa shape index (κ2) is 6.38. The average molecular weight is 263 g/mol. The molecule has 1 N–H and O–H groups in total. The van der Waals surface area contributed by atoms with E-state index < -0.39 is 0 Å². The second-order valence-corrected chi connectivity index (χ2v) is 4.52. The summed E-state index contributed by atoms with van der Waals surface area (Å²) < 4.78 is 24.0. The lowest BCUT2D eigenvalue weighted by Crippen LogP contribution is -2.27. The van der Waals surface area contributed by atoms with Crippen molar-refractivity contribution >= 4 is 0 Å². The van der Waals surface area contributed by atoms with E-state index >= 15 is 0 Å². The lowest BCUT2D eigenvalue weighted by Gasteiger charge is -2.13. The smallest absolute Gasteiger partial charge is 0.131 e. The SMILES string of the molecule is COc1ccc(CNC(C)Cc2ccco2)c(F)c1. The maximum atomic E-state index is 13.7. The van der Waals surface area contributed by atoms with Crippen LogP contribution in [0, 0.1) is 5.82 Å². The van der Waals surface area contributed by atoms with Crippen LogP contribution in [0.2, 0.25) is 0 Å². The molecule has 0 fully saturated rings. The molecule has 1 unspecified atom stereocenters. The van der Waals surface area contributed by atoms with E-state index in [1.807, 2.05) is 19.1 Å². The highest BCUT2D eigenvalue weighted by molar-refractivity contribution is 5.28. The summed E-state index contributed by atoms with van der Waals surface area (Å²) >= 11 is 0. The average Bonchev–Trinajstić information content (AvgIpc) is 2.90. The molecule has 0 saturated carbocycles. The van der Waals surface area contributed by atoms with E-state index in [0.29, 0.717) is 17.9 Å². The van der Waals surface area contributed by atoms with E-state index in [4.69, 9.17) is 9.15 Å². The third kappa shape index (κ3) is 3.83. The van der Waals surface area contributed by atoms with Crippen LogP contribution >= 0.6 is 0 Å². The largest absolute Gasteiger partial charge is 0.497 e. The van der Waals surface area contributed by atoms with Gasteiger partial charge in [-0.25, -0.2) is 4.39 Å². The van der Waals surface area contributed by atoms with Crippen LogP contribution in [0.15, 0.2) is 41.0 Å². The molecule has 0 saturated heterocycles. The molecular formula is C15H18FNO2. The van der Waals surface area contributed by atoms with Gasteiger partial charge >= 0.3 is 0 Å². The first-order chi connectivity index (χ1) is 9.19. The van der Waals surface area contributed by atoms with Crippen LogP contribution < -0.4 is 10.1 Å². The molecular weight excluding hydrogens is 245 g/mol. The number of nitrogens with one attached hydrogen (secondary N) is 1.